The first-order valence-corrected chi connectivity index (χ1v) is 10.2. The van der Waals surface area contributed by atoms with Crippen LogP contribution < -0.4 is 16.4 Å². The van der Waals surface area contributed by atoms with E-state index in [0.717, 1.165) is 11.1 Å². The second-order valence-corrected chi connectivity index (χ2v) is 7.43. The average molecular weight is 431 g/mol. The average Bonchev–Trinajstić information content (AvgIpc) is 2.80. The predicted molar refractivity (Wildman–Crippen MR) is 122 cm³/mol. The summed E-state index contributed by atoms with van der Waals surface area (Å²) in [4.78, 5) is 37.5. The lowest BCUT2D eigenvalue weighted by atomic mass is 10.0. The van der Waals surface area contributed by atoms with Crippen molar-refractivity contribution < 1.29 is 19.5 Å². The summed E-state index contributed by atoms with van der Waals surface area (Å²) in [6.45, 7) is 0. The van der Waals surface area contributed by atoms with Gasteiger partial charge in [-0.25, -0.2) is 4.79 Å². The Kier molecular flexibility index (Phi) is 7.59. The number of hydrogen-bond donors (Lipinski definition) is 4. The van der Waals surface area contributed by atoms with E-state index in [1.165, 1.54) is 0 Å². The molecule has 0 radical (unpaired) electrons. The molecule has 0 aromatic heterocycles. The zero-order valence-electron chi connectivity index (χ0n) is 17.4. The van der Waals surface area contributed by atoms with Crippen LogP contribution in [0.15, 0.2) is 84.9 Å². The molecule has 0 aliphatic heterocycles. The molecule has 3 aromatic rings. The highest BCUT2D eigenvalue weighted by Crippen LogP contribution is 2.10. The minimum atomic E-state index is -1.16. The van der Waals surface area contributed by atoms with Crippen LogP contribution >= 0.6 is 0 Å². The molecule has 0 heterocycles. The number of carbonyl (C=O) groups excluding carboxylic acids is 2. The van der Waals surface area contributed by atoms with Crippen LogP contribution in [-0.2, 0) is 22.4 Å². The summed E-state index contributed by atoms with van der Waals surface area (Å²) in [5, 5.41) is 15.0. The highest BCUT2D eigenvalue weighted by Gasteiger charge is 2.27. The van der Waals surface area contributed by atoms with Crippen molar-refractivity contribution in [2.45, 2.75) is 24.9 Å². The number of amides is 2. The summed E-state index contributed by atoms with van der Waals surface area (Å²) < 4.78 is 0. The van der Waals surface area contributed by atoms with Gasteiger partial charge in [0.25, 0.3) is 5.91 Å². The van der Waals surface area contributed by atoms with Gasteiger partial charge in [0.05, 0.1) is 0 Å². The van der Waals surface area contributed by atoms with Gasteiger partial charge >= 0.3 is 5.97 Å². The molecule has 7 heteroatoms. The van der Waals surface area contributed by atoms with E-state index in [1.54, 1.807) is 54.6 Å². The topological polar surface area (TPSA) is 122 Å². The van der Waals surface area contributed by atoms with Crippen LogP contribution in [0.4, 0.5) is 5.69 Å². The van der Waals surface area contributed by atoms with Gasteiger partial charge < -0.3 is 21.5 Å². The summed E-state index contributed by atoms with van der Waals surface area (Å²) >= 11 is 0. The molecular formula is C25H25N3O4. The number of hydrogen-bond acceptors (Lipinski definition) is 4. The Bertz CT molecular complexity index is 1050. The van der Waals surface area contributed by atoms with Crippen molar-refractivity contribution >= 4 is 23.5 Å². The number of nitrogen functional groups attached to an aromatic ring is 1. The number of carboxylic acids is 1. The molecule has 7 nitrogen and oxygen atoms in total. The van der Waals surface area contributed by atoms with Gasteiger partial charge in [-0.3, -0.25) is 9.59 Å². The van der Waals surface area contributed by atoms with Crippen LogP contribution in [0.1, 0.15) is 21.5 Å². The van der Waals surface area contributed by atoms with Crippen molar-refractivity contribution in [3.05, 3.63) is 102 Å². The Hall–Kier alpha value is -4.13. The molecule has 0 bridgehead atoms. The Balaban J connectivity index is 1.76. The molecule has 32 heavy (non-hydrogen) atoms. The summed E-state index contributed by atoms with van der Waals surface area (Å²) in [5.41, 5.74) is 8.22. The maximum absolute atomic E-state index is 13.1. The van der Waals surface area contributed by atoms with Gasteiger partial charge in [-0.05, 0) is 35.4 Å². The summed E-state index contributed by atoms with van der Waals surface area (Å²) in [5.74, 6) is -2.14. The number of nitrogens with two attached hydrogens (primary N) is 1. The third kappa shape index (κ3) is 6.43. The monoisotopic (exact) mass is 431 g/mol. The van der Waals surface area contributed by atoms with Crippen LogP contribution in [0, 0.1) is 0 Å². The fourth-order valence-electron chi connectivity index (χ4n) is 3.25. The van der Waals surface area contributed by atoms with Gasteiger partial charge in [-0.2, -0.15) is 0 Å². The highest BCUT2D eigenvalue weighted by atomic mass is 16.4. The molecule has 5 N–H and O–H groups in total. The van der Waals surface area contributed by atoms with E-state index >= 15 is 0 Å². The zero-order chi connectivity index (χ0) is 22.9. The Labute approximate surface area is 186 Å². The molecule has 3 aromatic carbocycles. The number of benzene rings is 3. The van der Waals surface area contributed by atoms with E-state index in [4.69, 9.17) is 5.73 Å². The van der Waals surface area contributed by atoms with Gasteiger partial charge in [-0.15, -0.1) is 0 Å². The normalized spacial score (nSPS) is 12.4. The van der Waals surface area contributed by atoms with Crippen molar-refractivity contribution in [3.63, 3.8) is 0 Å². The van der Waals surface area contributed by atoms with Crippen molar-refractivity contribution in [1.29, 1.82) is 0 Å². The lowest BCUT2D eigenvalue weighted by Gasteiger charge is -2.22. The number of carbonyl (C=O) groups is 3. The van der Waals surface area contributed by atoms with E-state index in [0.29, 0.717) is 11.3 Å². The van der Waals surface area contributed by atoms with E-state index in [9.17, 15) is 19.5 Å². The van der Waals surface area contributed by atoms with E-state index in [-0.39, 0.29) is 12.8 Å². The van der Waals surface area contributed by atoms with Crippen LogP contribution in [0.5, 0.6) is 0 Å². The molecule has 0 spiro atoms. The fourth-order valence-corrected chi connectivity index (χ4v) is 3.25. The smallest absolute Gasteiger partial charge is 0.326 e. The van der Waals surface area contributed by atoms with E-state index in [1.807, 2.05) is 30.3 Å². The number of aliphatic carboxylic acids is 1. The molecule has 0 saturated carbocycles. The Morgan fingerprint density at radius 1 is 0.719 bits per heavy atom. The summed E-state index contributed by atoms with van der Waals surface area (Å²) in [6, 6.07) is 22.5. The quantitative estimate of drug-likeness (QED) is 0.388. The van der Waals surface area contributed by atoms with E-state index in [2.05, 4.69) is 10.6 Å². The molecule has 0 saturated heterocycles. The van der Waals surface area contributed by atoms with Gasteiger partial charge in [0.15, 0.2) is 0 Å². The molecular weight excluding hydrogens is 406 g/mol. The molecule has 2 amide bonds. The van der Waals surface area contributed by atoms with Crippen LogP contribution in [-0.4, -0.2) is 35.0 Å². The van der Waals surface area contributed by atoms with Crippen molar-refractivity contribution in [1.82, 2.24) is 10.6 Å². The standard InChI is InChI=1S/C25H25N3O4/c26-20-13-11-18(12-14-20)16-22(25(31)32)28-24(30)21(15-17-7-3-1-4-8-17)27-23(29)19-9-5-2-6-10-19/h1-14,21-22H,15-16,26H2,(H,27,29)(H,28,30)(H,31,32)/t21-,22-/m0/s1. The molecule has 0 aliphatic rings. The fraction of sp³-hybridized carbons (Fsp3) is 0.160. The number of anilines is 1. The maximum Gasteiger partial charge on any atom is 0.326 e. The summed E-state index contributed by atoms with van der Waals surface area (Å²) in [6.07, 6.45) is 0.311. The third-order valence-corrected chi connectivity index (χ3v) is 4.97. The largest absolute Gasteiger partial charge is 0.480 e. The molecule has 0 unspecified atom stereocenters. The second kappa shape index (κ2) is 10.8. The minimum Gasteiger partial charge on any atom is -0.480 e. The predicted octanol–water partition coefficient (Wildman–Crippen LogP) is 2.42. The van der Waals surface area contributed by atoms with Crippen molar-refractivity contribution in [2.24, 2.45) is 0 Å². The van der Waals surface area contributed by atoms with Gasteiger partial charge in [0.1, 0.15) is 12.1 Å². The highest BCUT2D eigenvalue weighted by molar-refractivity contribution is 5.98. The van der Waals surface area contributed by atoms with Crippen LogP contribution in [0.2, 0.25) is 0 Å². The zero-order valence-corrected chi connectivity index (χ0v) is 17.4. The van der Waals surface area contributed by atoms with Crippen molar-refractivity contribution in [3.8, 4) is 0 Å². The van der Waals surface area contributed by atoms with Crippen molar-refractivity contribution in [2.75, 3.05) is 5.73 Å². The molecule has 0 aliphatic carbocycles. The lowest BCUT2D eigenvalue weighted by Crippen LogP contribution is -2.53. The van der Waals surface area contributed by atoms with Crippen LogP contribution in [0.25, 0.3) is 0 Å². The minimum absolute atomic E-state index is 0.0893. The summed E-state index contributed by atoms with van der Waals surface area (Å²) in [7, 11) is 0. The second-order valence-electron chi connectivity index (χ2n) is 7.43. The van der Waals surface area contributed by atoms with E-state index < -0.39 is 29.9 Å². The molecule has 3 rings (SSSR count). The number of nitrogens with one attached hydrogen (secondary N) is 2. The first-order valence-electron chi connectivity index (χ1n) is 10.2. The third-order valence-electron chi connectivity index (χ3n) is 4.97. The first-order chi connectivity index (χ1) is 15.4. The SMILES string of the molecule is Nc1ccc(C[C@H](NC(=O)[C@H](Cc2ccccc2)NC(=O)c2ccccc2)C(=O)O)cc1. The number of carboxylic acid groups (broad SMARTS) is 1. The van der Waals surface area contributed by atoms with Gasteiger partial charge in [-0.1, -0.05) is 60.7 Å². The molecule has 164 valence electrons. The Morgan fingerprint density at radius 3 is 1.84 bits per heavy atom. The maximum atomic E-state index is 13.1. The molecule has 2 atom stereocenters. The molecule has 0 fully saturated rings. The number of rotatable bonds is 9. The lowest BCUT2D eigenvalue weighted by molar-refractivity contribution is -0.142. The van der Waals surface area contributed by atoms with Gasteiger partial charge in [0, 0.05) is 24.1 Å². The first kappa shape index (κ1) is 22.6. The van der Waals surface area contributed by atoms with Gasteiger partial charge in [0.2, 0.25) is 5.91 Å². The Morgan fingerprint density at radius 2 is 1.25 bits per heavy atom. The van der Waals surface area contributed by atoms with Crippen LogP contribution in [0.3, 0.4) is 0 Å².